The molecule has 21 heavy (non-hydrogen) atoms. The van der Waals surface area contributed by atoms with Gasteiger partial charge < -0.3 is 0 Å². The van der Waals surface area contributed by atoms with Gasteiger partial charge in [-0.05, 0) is 12.8 Å². The molecule has 0 aromatic carbocycles. The van der Waals surface area contributed by atoms with Crippen LogP contribution in [0.1, 0.15) is 84.0 Å². The quantitative estimate of drug-likeness (QED) is 0.504. The summed E-state index contributed by atoms with van der Waals surface area (Å²) in [6.07, 6.45) is 13.7. The Morgan fingerprint density at radius 2 is 1.43 bits per heavy atom. The Labute approximate surface area is 130 Å². The largest absolute Gasteiger partial charge is 0.299 e. The summed E-state index contributed by atoms with van der Waals surface area (Å²) >= 11 is 0. The van der Waals surface area contributed by atoms with Crippen LogP contribution in [0.5, 0.6) is 0 Å². The smallest absolute Gasteiger partial charge is 0.151 e. The molecule has 124 valence electrons. The summed E-state index contributed by atoms with van der Waals surface area (Å²) in [6.45, 7) is 2.24. The predicted octanol–water partition coefficient (Wildman–Crippen LogP) is 4.30. The zero-order chi connectivity index (χ0) is 15.6. The standard InChI is InChI=1S/C17H32O3S/c1-2-3-4-5-6-7-8-9-10-11-12-17(18)16-13-14-21(19,20)15-16/h16H,2-15H2,1H3. The Morgan fingerprint density at radius 3 is 1.90 bits per heavy atom. The fourth-order valence-electron chi connectivity index (χ4n) is 3.04. The lowest BCUT2D eigenvalue weighted by Gasteiger charge is -2.06. The highest BCUT2D eigenvalue weighted by molar-refractivity contribution is 7.91. The third kappa shape index (κ3) is 8.60. The fraction of sp³-hybridized carbons (Fsp3) is 0.941. The van der Waals surface area contributed by atoms with Gasteiger partial charge in [-0.2, -0.15) is 0 Å². The van der Waals surface area contributed by atoms with Crippen molar-refractivity contribution in [1.82, 2.24) is 0 Å². The predicted molar refractivity (Wildman–Crippen MR) is 88.2 cm³/mol. The van der Waals surface area contributed by atoms with E-state index in [4.69, 9.17) is 0 Å². The maximum Gasteiger partial charge on any atom is 0.151 e. The van der Waals surface area contributed by atoms with E-state index >= 15 is 0 Å². The van der Waals surface area contributed by atoms with Gasteiger partial charge in [0, 0.05) is 12.3 Å². The molecule has 0 saturated carbocycles. The van der Waals surface area contributed by atoms with E-state index in [1.54, 1.807) is 0 Å². The Kier molecular flexibility index (Phi) is 9.21. The lowest BCUT2D eigenvalue weighted by atomic mass is 9.98. The van der Waals surface area contributed by atoms with E-state index < -0.39 is 9.84 Å². The van der Waals surface area contributed by atoms with Crippen LogP contribution in [0.15, 0.2) is 0 Å². The second kappa shape index (κ2) is 10.4. The molecule has 1 aliphatic rings. The van der Waals surface area contributed by atoms with Crippen molar-refractivity contribution in [2.45, 2.75) is 84.0 Å². The second-order valence-corrected chi connectivity index (χ2v) is 8.73. The van der Waals surface area contributed by atoms with E-state index in [2.05, 4.69) is 6.92 Å². The average molecular weight is 317 g/mol. The number of Topliss-reactive ketones (excluding diaryl/α,β-unsaturated/α-hetero) is 1. The van der Waals surface area contributed by atoms with E-state index in [0.29, 0.717) is 12.8 Å². The van der Waals surface area contributed by atoms with Gasteiger partial charge >= 0.3 is 0 Å². The van der Waals surface area contributed by atoms with Gasteiger partial charge in [0.25, 0.3) is 0 Å². The first kappa shape index (κ1) is 18.7. The number of unbranched alkanes of at least 4 members (excludes halogenated alkanes) is 9. The average Bonchev–Trinajstić information content (AvgIpc) is 2.81. The molecule has 1 saturated heterocycles. The summed E-state index contributed by atoms with van der Waals surface area (Å²) in [5.41, 5.74) is 0. The van der Waals surface area contributed by atoms with E-state index in [9.17, 15) is 13.2 Å². The first-order valence-corrected chi connectivity index (χ1v) is 10.6. The molecule has 1 atom stereocenters. The highest BCUT2D eigenvalue weighted by atomic mass is 32.2. The normalized spacial score (nSPS) is 20.7. The fourth-order valence-corrected chi connectivity index (χ4v) is 4.82. The molecular weight excluding hydrogens is 284 g/mol. The molecular formula is C17H32O3S. The number of carbonyl (C=O) groups excluding carboxylic acids is 1. The maximum absolute atomic E-state index is 11.9. The number of hydrogen-bond acceptors (Lipinski definition) is 3. The minimum Gasteiger partial charge on any atom is -0.299 e. The molecule has 0 spiro atoms. The third-order valence-corrected chi connectivity index (χ3v) is 6.23. The van der Waals surface area contributed by atoms with E-state index in [-0.39, 0.29) is 23.2 Å². The second-order valence-electron chi connectivity index (χ2n) is 6.50. The molecule has 0 aliphatic carbocycles. The number of rotatable bonds is 12. The van der Waals surface area contributed by atoms with Crippen molar-refractivity contribution >= 4 is 15.6 Å². The summed E-state index contributed by atoms with van der Waals surface area (Å²) < 4.78 is 22.7. The lowest BCUT2D eigenvalue weighted by Crippen LogP contribution is -2.15. The summed E-state index contributed by atoms with van der Waals surface area (Å²) in [5, 5.41) is 0. The Balaban J connectivity index is 1.91. The van der Waals surface area contributed by atoms with Gasteiger partial charge in [0.15, 0.2) is 9.84 Å². The van der Waals surface area contributed by atoms with Crippen molar-refractivity contribution in [2.75, 3.05) is 11.5 Å². The molecule has 1 rings (SSSR count). The minimum atomic E-state index is -2.91. The Bertz CT molecular complexity index is 387. The Hall–Kier alpha value is -0.380. The van der Waals surface area contributed by atoms with Crippen LogP contribution in [-0.4, -0.2) is 25.7 Å². The Morgan fingerprint density at radius 1 is 0.905 bits per heavy atom. The molecule has 0 N–H and O–H groups in total. The third-order valence-electron chi connectivity index (χ3n) is 4.46. The van der Waals surface area contributed by atoms with Crippen LogP contribution in [0, 0.1) is 5.92 Å². The van der Waals surface area contributed by atoms with Crippen molar-refractivity contribution in [2.24, 2.45) is 5.92 Å². The van der Waals surface area contributed by atoms with Gasteiger partial charge in [0.1, 0.15) is 5.78 Å². The summed E-state index contributed by atoms with van der Waals surface area (Å²) in [7, 11) is -2.91. The summed E-state index contributed by atoms with van der Waals surface area (Å²) in [4.78, 5) is 11.9. The van der Waals surface area contributed by atoms with Gasteiger partial charge in [-0.25, -0.2) is 8.42 Å². The van der Waals surface area contributed by atoms with E-state index in [0.717, 1.165) is 12.8 Å². The topological polar surface area (TPSA) is 51.2 Å². The van der Waals surface area contributed by atoms with Crippen LogP contribution in [-0.2, 0) is 14.6 Å². The van der Waals surface area contributed by atoms with Gasteiger partial charge in [-0.3, -0.25) is 4.79 Å². The van der Waals surface area contributed by atoms with Gasteiger partial charge in [-0.1, -0.05) is 64.7 Å². The van der Waals surface area contributed by atoms with Crippen LogP contribution < -0.4 is 0 Å². The van der Waals surface area contributed by atoms with Gasteiger partial charge in [-0.15, -0.1) is 0 Å². The number of ketones is 1. The van der Waals surface area contributed by atoms with Crippen molar-refractivity contribution in [3.63, 3.8) is 0 Å². The van der Waals surface area contributed by atoms with E-state index in [1.165, 1.54) is 51.4 Å². The monoisotopic (exact) mass is 316 g/mol. The molecule has 1 fully saturated rings. The van der Waals surface area contributed by atoms with Crippen molar-refractivity contribution in [3.05, 3.63) is 0 Å². The zero-order valence-corrected chi connectivity index (χ0v) is 14.4. The van der Waals surface area contributed by atoms with E-state index in [1.807, 2.05) is 0 Å². The molecule has 1 aliphatic heterocycles. The van der Waals surface area contributed by atoms with Crippen LogP contribution in [0.25, 0.3) is 0 Å². The van der Waals surface area contributed by atoms with Crippen molar-refractivity contribution in [1.29, 1.82) is 0 Å². The maximum atomic E-state index is 11.9. The highest BCUT2D eigenvalue weighted by Crippen LogP contribution is 2.21. The zero-order valence-electron chi connectivity index (χ0n) is 13.6. The summed E-state index contributed by atoms with van der Waals surface area (Å²) in [6, 6.07) is 0. The molecule has 0 aromatic heterocycles. The van der Waals surface area contributed by atoms with Crippen LogP contribution in [0.2, 0.25) is 0 Å². The minimum absolute atomic E-state index is 0.101. The number of carbonyl (C=O) groups is 1. The van der Waals surface area contributed by atoms with Gasteiger partial charge in [0.05, 0.1) is 11.5 Å². The first-order valence-electron chi connectivity index (χ1n) is 8.78. The molecule has 4 heteroatoms. The number of hydrogen-bond donors (Lipinski definition) is 0. The molecule has 0 bridgehead atoms. The summed E-state index contributed by atoms with van der Waals surface area (Å²) in [5.74, 6) is 0.287. The first-order chi connectivity index (χ1) is 10.0. The van der Waals surface area contributed by atoms with Crippen LogP contribution in [0.4, 0.5) is 0 Å². The molecule has 0 aromatic rings. The van der Waals surface area contributed by atoms with Crippen LogP contribution >= 0.6 is 0 Å². The van der Waals surface area contributed by atoms with Crippen molar-refractivity contribution in [3.8, 4) is 0 Å². The molecule has 1 heterocycles. The highest BCUT2D eigenvalue weighted by Gasteiger charge is 2.32. The SMILES string of the molecule is CCCCCCCCCCCCC(=O)C1CCS(=O)(=O)C1. The number of sulfone groups is 1. The molecule has 0 amide bonds. The van der Waals surface area contributed by atoms with Gasteiger partial charge in [0.2, 0.25) is 0 Å². The van der Waals surface area contributed by atoms with Crippen LogP contribution in [0.3, 0.4) is 0 Å². The lowest BCUT2D eigenvalue weighted by molar-refractivity contribution is -0.122. The molecule has 0 radical (unpaired) electrons. The van der Waals surface area contributed by atoms with Crippen molar-refractivity contribution < 1.29 is 13.2 Å². The molecule has 1 unspecified atom stereocenters. The molecule has 3 nitrogen and oxygen atoms in total.